The number of nitrogens with zero attached hydrogens (tertiary/aromatic N) is 1. The molecule has 1 saturated heterocycles. The van der Waals surface area contributed by atoms with Crippen molar-refractivity contribution in [2.24, 2.45) is 5.92 Å². The normalized spacial score (nSPS) is 13.6. The van der Waals surface area contributed by atoms with Gasteiger partial charge in [-0.25, -0.2) is 8.78 Å². The van der Waals surface area contributed by atoms with Gasteiger partial charge < -0.3 is 17.0 Å². The van der Waals surface area contributed by atoms with Crippen LogP contribution < -0.4 is 32.9 Å². The first kappa shape index (κ1) is 37.1. The third-order valence-electron chi connectivity index (χ3n) is 9.19. The lowest BCUT2D eigenvalue weighted by molar-refractivity contribution is -0.0000109. The van der Waals surface area contributed by atoms with Gasteiger partial charge in [0.05, 0.1) is 6.16 Å². The second-order valence-electron chi connectivity index (χ2n) is 12.6. The Morgan fingerprint density at radius 3 is 1.50 bits per heavy atom. The average molecular weight is 747 g/mol. The number of halogens is 3. The molecule has 0 saturated carbocycles. The van der Waals surface area contributed by atoms with E-state index in [-0.39, 0.29) is 28.6 Å². The van der Waals surface area contributed by atoms with E-state index in [4.69, 9.17) is 0 Å². The van der Waals surface area contributed by atoms with Gasteiger partial charge in [-0.3, -0.25) is 4.90 Å². The highest BCUT2D eigenvalue weighted by atomic mass is 79.9. The Balaban J connectivity index is 0.000000195. The van der Waals surface area contributed by atoms with E-state index in [9.17, 15) is 8.78 Å². The topological polar surface area (TPSA) is 3.24 Å². The fourth-order valence-corrected chi connectivity index (χ4v) is 10.9. The zero-order valence-electron chi connectivity index (χ0n) is 28.2. The van der Waals surface area contributed by atoms with Crippen molar-refractivity contribution < 1.29 is 25.8 Å². The highest BCUT2D eigenvalue weighted by Gasteiger charge is 2.45. The standard InChI is InChI=1S/C25H21FP.C20H22FN.BrH/c26-22-12-10-11-21(19-22)20-27(23-13-4-1-5-14-23,24-15-6-2-7-16-24)25-17-8-3-9-18-25;21-20-8-4-7-18(15-20)10-9-17-11-13-22(14-12-17)16-19-5-2-1-3-6-19;/h1-19H,20H2;1-10,15,17H,11-14,16H2;1H/q+1;;/p-1/b;10-9+;. The number of rotatable bonds is 9. The summed E-state index contributed by atoms with van der Waals surface area (Å²) in [5, 5.41) is 3.94. The molecule has 0 aromatic heterocycles. The lowest BCUT2D eigenvalue weighted by Crippen LogP contribution is -3.00. The molecule has 50 heavy (non-hydrogen) atoms. The van der Waals surface area contributed by atoms with Crippen LogP contribution in [0, 0.1) is 17.6 Å². The fraction of sp³-hybridized carbons (Fsp3) is 0.156. The number of hydrogen-bond donors (Lipinski definition) is 0. The summed E-state index contributed by atoms with van der Waals surface area (Å²) in [7, 11) is -1.96. The molecule has 0 atom stereocenters. The van der Waals surface area contributed by atoms with Gasteiger partial charge >= 0.3 is 0 Å². The van der Waals surface area contributed by atoms with Crippen LogP contribution in [0.4, 0.5) is 8.78 Å². The molecular formula is C45H43BrF2NP. The van der Waals surface area contributed by atoms with E-state index in [0.29, 0.717) is 5.92 Å². The summed E-state index contributed by atoms with van der Waals surface area (Å²) < 4.78 is 27.1. The Hall–Kier alpha value is -4.21. The molecule has 7 rings (SSSR count). The molecule has 6 aromatic rings. The molecule has 1 heterocycles. The first-order valence-electron chi connectivity index (χ1n) is 17.1. The molecule has 0 bridgehead atoms. The first-order chi connectivity index (χ1) is 24.1. The van der Waals surface area contributed by atoms with Crippen molar-refractivity contribution in [2.45, 2.75) is 25.5 Å². The van der Waals surface area contributed by atoms with Crippen molar-refractivity contribution in [1.29, 1.82) is 0 Å². The van der Waals surface area contributed by atoms with Crippen molar-refractivity contribution in [2.75, 3.05) is 13.1 Å². The zero-order valence-corrected chi connectivity index (χ0v) is 30.6. The molecule has 0 amide bonds. The van der Waals surface area contributed by atoms with E-state index in [1.807, 2.05) is 12.1 Å². The highest BCUT2D eigenvalue weighted by Crippen LogP contribution is 2.58. The zero-order chi connectivity index (χ0) is 33.7. The summed E-state index contributed by atoms with van der Waals surface area (Å²) >= 11 is 0. The number of piperidine rings is 1. The predicted octanol–water partition coefficient (Wildman–Crippen LogP) is 7.07. The van der Waals surface area contributed by atoms with E-state index in [2.05, 4.69) is 138 Å². The molecule has 0 unspecified atom stereocenters. The number of benzene rings is 6. The summed E-state index contributed by atoms with van der Waals surface area (Å²) in [4.78, 5) is 2.52. The number of likely N-dealkylation sites (tertiary alicyclic amines) is 1. The van der Waals surface area contributed by atoms with Crippen LogP contribution in [-0.4, -0.2) is 18.0 Å². The van der Waals surface area contributed by atoms with Gasteiger partial charge in [-0.2, -0.15) is 0 Å². The largest absolute Gasteiger partial charge is 1.00 e. The molecule has 1 nitrogen and oxygen atoms in total. The summed E-state index contributed by atoms with van der Waals surface area (Å²) in [6.45, 7) is 3.31. The van der Waals surface area contributed by atoms with Crippen molar-refractivity contribution in [3.63, 3.8) is 0 Å². The van der Waals surface area contributed by atoms with Gasteiger partial charge in [0.1, 0.15) is 34.8 Å². The quantitative estimate of drug-likeness (QED) is 0.143. The van der Waals surface area contributed by atoms with E-state index < -0.39 is 7.26 Å². The fourth-order valence-electron chi connectivity index (χ4n) is 6.68. The maximum absolute atomic E-state index is 14.0. The van der Waals surface area contributed by atoms with Crippen molar-refractivity contribution in [3.8, 4) is 0 Å². The molecule has 0 N–H and O–H groups in total. The minimum absolute atomic E-state index is 0. The summed E-state index contributed by atoms with van der Waals surface area (Å²) in [6, 6.07) is 56.5. The van der Waals surface area contributed by atoms with E-state index in [1.54, 1.807) is 24.3 Å². The van der Waals surface area contributed by atoms with Crippen LogP contribution in [-0.2, 0) is 12.7 Å². The maximum Gasteiger partial charge on any atom is 0.123 e. The maximum atomic E-state index is 14.0. The second-order valence-corrected chi connectivity index (χ2v) is 16.1. The molecule has 0 radical (unpaired) electrons. The molecule has 1 fully saturated rings. The molecule has 254 valence electrons. The van der Waals surface area contributed by atoms with Crippen LogP contribution in [0.2, 0.25) is 0 Å². The summed E-state index contributed by atoms with van der Waals surface area (Å²) in [5.41, 5.74) is 3.36. The van der Waals surface area contributed by atoms with Gasteiger partial charge in [0.2, 0.25) is 0 Å². The van der Waals surface area contributed by atoms with E-state index in [0.717, 1.165) is 36.9 Å². The van der Waals surface area contributed by atoms with Crippen LogP contribution in [0.15, 0.2) is 176 Å². The molecular weight excluding hydrogens is 703 g/mol. The smallest absolute Gasteiger partial charge is 0.123 e. The van der Waals surface area contributed by atoms with Crippen molar-refractivity contribution in [1.82, 2.24) is 4.90 Å². The van der Waals surface area contributed by atoms with E-state index >= 15 is 0 Å². The minimum atomic E-state index is -1.96. The van der Waals surface area contributed by atoms with Crippen LogP contribution in [0.25, 0.3) is 6.08 Å². The predicted molar refractivity (Wildman–Crippen MR) is 205 cm³/mol. The number of allylic oxidation sites excluding steroid dienone is 1. The summed E-state index contributed by atoms with van der Waals surface area (Å²) in [6.07, 6.45) is 7.45. The Morgan fingerprint density at radius 2 is 1.00 bits per heavy atom. The molecule has 0 spiro atoms. The van der Waals surface area contributed by atoms with Gasteiger partial charge in [-0.05, 0) is 109 Å². The van der Waals surface area contributed by atoms with E-state index in [1.165, 1.54) is 46.5 Å². The first-order valence-corrected chi connectivity index (χ1v) is 19.1. The molecule has 1 aliphatic rings. The second kappa shape index (κ2) is 18.7. The van der Waals surface area contributed by atoms with Crippen molar-refractivity contribution >= 4 is 29.3 Å². The van der Waals surface area contributed by atoms with Crippen LogP contribution in [0.1, 0.15) is 29.5 Å². The molecule has 6 aromatic carbocycles. The Morgan fingerprint density at radius 1 is 0.540 bits per heavy atom. The lowest BCUT2D eigenvalue weighted by atomic mass is 9.95. The van der Waals surface area contributed by atoms with Gasteiger partial charge in [0.25, 0.3) is 0 Å². The highest BCUT2D eigenvalue weighted by molar-refractivity contribution is 7.95. The SMILES string of the molecule is Fc1cccc(/C=C/C2CCN(Cc3ccccc3)CC2)c1.Fc1cccc(C[P+](c2ccccc2)(c2ccccc2)c2ccccc2)c1.[Br-]. The molecule has 5 heteroatoms. The Kier molecular flexibility index (Phi) is 13.9. The lowest BCUT2D eigenvalue weighted by Gasteiger charge is -2.30. The minimum Gasteiger partial charge on any atom is -1.00 e. The Bertz CT molecular complexity index is 1800. The van der Waals surface area contributed by atoms with Gasteiger partial charge in [0.15, 0.2) is 0 Å². The summed E-state index contributed by atoms with van der Waals surface area (Å²) in [5.74, 6) is 0.259. The van der Waals surface area contributed by atoms with Crippen molar-refractivity contribution in [3.05, 3.63) is 204 Å². The average Bonchev–Trinajstić information content (AvgIpc) is 3.15. The third-order valence-corrected chi connectivity index (χ3v) is 13.6. The van der Waals surface area contributed by atoms with Gasteiger partial charge in [-0.1, -0.05) is 121 Å². The van der Waals surface area contributed by atoms with Crippen LogP contribution >= 0.6 is 7.26 Å². The molecule has 1 aliphatic heterocycles. The van der Waals surface area contributed by atoms with Crippen LogP contribution in [0.5, 0.6) is 0 Å². The van der Waals surface area contributed by atoms with Gasteiger partial charge in [-0.15, -0.1) is 0 Å². The van der Waals surface area contributed by atoms with Crippen LogP contribution in [0.3, 0.4) is 0 Å². The number of hydrogen-bond acceptors (Lipinski definition) is 1. The van der Waals surface area contributed by atoms with Gasteiger partial charge in [0, 0.05) is 6.54 Å². The third kappa shape index (κ3) is 9.94. The molecule has 0 aliphatic carbocycles. The Labute approximate surface area is 307 Å². The monoisotopic (exact) mass is 745 g/mol.